The zero-order valence-corrected chi connectivity index (χ0v) is 8.26. The first-order valence-corrected chi connectivity index (χ1v) is 5.49. The monoisotopic (exact) mass is 182 g/mol. The molecule has 0 amide bonds. The molecule has 0 fully saturated rings. The first-order chi connectivity index (χ1) is 5.27. The summed E-state index contributed by atoms with van der Waals surface area (Å²) < 4.78 is 1.44. The van der Waals surface area contributed by atoms with E-state index in [1.165, 1.54) is 15.0 Å². The summed E-state index contributed by atoms with van der Waals surface area (Å²) in [5.41, 5.74) is 0. The molecule has 2 aromatic heterocycles. The van der Waals surface area contributed by atoms with E-state index in [9.17, 15) is 0 Å². The van der Waals surface area contributed by atoms with Crippen LogP contribution < -0.4 is 0 Å². The summed E-state index contributed by atoms with van der Waals surface area (Å²) in [6, 6.07) is 2.31. The number of hydrogen-bond acceptors (Lipinski definition) is 2. The summed E-state index contributed by atoms with van der Waals surface area (Å²) >= 11 is 3.71. The van der Waals surface area contributed by atoms with Crippen LogP contribution in [0.1, 0.15) is 24.6 Å². The van der Waals surface area contributed by atoms with E-state index < -0.39 is 0 Å². The molecule has 0 saturated heterocycles. The molecule has 0 N–H and O–H groups in total. The van der Waals surface area contributed by atoms with Crippen LogP contribution in [-0.4, -0.2) is 0 Å². The van der Waals surface area contributed by atoms with Crippen molar-refractivity contribution in [1.29, 1.82) is 0 Å². The lowest BCUT2D eigenvalue weighted by atomic mass is 10.2. The molecule has 2 aromatic rings. The zero-order valence-electron chi connectivity index (χ0n) is 6.63. The van der Waals surface area contributed by atoms with Gasteiger partial charge in [-0.15, -0.1) is 11.3 Å². The van der Waals surface area contributed by atoms with Gasteiger partial charge in [0.15, 0.2) is 0 Å². The number of fused-ring (bicyclic) bond motifs is 1. The van der Waals surface area contributed by atoms with Gasteiger partial charge in [-0.1, -0.05) is 13.8 Å². The third-order valence-corrected chi connectivity index (χ3v) is 4.06. The van der Waals surface area contributed by atoms with Crippen molar-refractivity contribution in [2.75, 3.05) is 0 Å². The molecule has 0 aliphatic carbocycles. The minimum Gasteiger partial charge on any atom is -0.150 e. The fourth-order valence-electron chi connectivity index (χ4n) is 1.08. The first-order valence-electron chi connectivity index (χ1n) is 3.73. The Morgan fingerprint density at radius 2 is 2.09 bits per heavy atom. The van der Waals surface area contributed by atoms with E-state index in [-0.39, 0.29) is 0 Å². The summed E-state index contributed by atoms with van der Waals surface area (Å²) in [6.07, 6.45) is 0. The van der Waals surface area contributed by atoms with Gasteiger partial charge < -0.3 is 0 Å². The predicted octanol–water partition coefficient (Wildman–Crippen LogP) is 4.09. The molecule has 0 bridgehead atoms. The van der Waals surface area contributed by atoms with Crippen LogP contribution in [-0.2, 0) is 0 Å². The van der Waals surface area contributed by atoms with Crippen molar-refractivity contribution in [3.63, 3.8) is 0 Å². The van der Waals surface area contributed by atoms with E-state index >= 15 is 0 Å². The lowest BCUT2D eigenvalue weighted by molar-refractivity contribution is 0.890. The van der Waals surface area contributed by atoms with E-state index in [0.29, 0.717) is 5.92 Å². The van der Waals surface area contributed by atoms with Gasteiger partial charge in [-0.2, -0.15) is 11.3 Å². The molecule has 0 aliphatic rings. The maximum absolute atomic E-state index is 2.31. The number of hydrogen-bond donors (Lipinski definition) is 0. The molecule has 2 rings (SSSR count). The lowest BCUT2D eigenvalue weighted by Gasteiger charge is -1.96. The van der Waals surface area contributed by atoms with Gasteiger partial charge in [-0.25, -0.2) is 0 Å². The molecule has 0 saturated carbocycles. The Labute approximate surface area is 74.5 Å². The predicted molar refractivity (Wildman–Crippen MR) is 53.8 cm³/mol. The van der Waals surface area contributed by atoms with Crippen molar-refractivity contribution in [3.8, 4) is 0 Å². The normalized spacial score (nSPS) is 11.5. The highest BCUT2D eigenvalue weighted by atomic mass is 32.1. The molecule has 0 radical (unpaired) electrons. The summed E-state index contributed by atoms with van der Waals surface area (Å²) in [7, 11) is 0. The topological polar surface area (TPSA) is 0 Å². The van der Waals surface area contributed by atoms with Crippen LogP contribution in [0.25, 0.3) is 10.1 Å². The van der Waals surface area contributed by atoms with Crippen LogP contribution in [0.3, 0.4) is 0 Å². The van der Waals surface area contributed by atoms with Crippen molar-refractivity contribution in [3.05, 3.63) is 21.7 Å². The molecule has 2 heterocycles. The Morgan fingerprint density at radius 3 is 2.73 bits per heavy atom. The van der Waals surface area contributed by atoms with Crippen LogP contribution in [0.5, 0.6) is 0 Å². The third-order valence-electron chi connectivity index (χ3n) is 1.75. The molecule has 58 valence electrons. The molecule has 0 aliphatic heterocycles. The fourth-order valence-corrected chi connectivity index (χ4v) is 3.09. The Hall–Kier alpha value is -0.340. The molecule has 0 aromatic carbocycles. The van der Waals surface area contributed by atoms with Gasteiger partial charge in [-0.3, -0.25) is 0 Å². The van der Waals surface area contributed by atoms with Gasteiger partial charge >= 0.3 is 0 Å². The highest BCUT2D eigenvalue weighted by molar-refractivity contribution is 7.22. The van der Waals surface area contributed by atoms with Crippen LogP contribution in [0.4, 0.5) is 0 Å². The molecule has 11 heavy (non-hydrogen) atoms. The zero-order chi connectivity index (χ0) is 7.84. The van der Waals surface area contributed by atoms with Crippen LogP contribution >= 0.6 is 22.7 Å². The van der Waals surface area contributed by atoms with E-state index in [1.54, 1.807) is 11.3 Å². The highest BCUT2D eigenvalue weighted by Gasteiger charge is 2.04. The number of rotatable bonds is 1. The Kier molecular flexibility index (Phi) is 1.74. The van der Waals surface area contributed by atoms with Crippen LogP contribution in [0.15, 0.2) is 16.8 Å². The Bertz CT molecular complexity index is 326. The van der Waals surface area contributed by atoms with Crippen molar-refractivity contribution < 1.29 is 0 Å². The van der Waals surface area contributed by atoms with Gasteiger partial charge in [0.2, 0.25) is 0 Å². The maximum atomic E-state index is 2.31. The van der Waals surface area contributed by atoms with Crippen molar-refractivity contribution in [2.24, 2.45) is 0 Å². The van der Waals surface area contributed by atoms with Gasteiger partial charge in [0.25, 0.3) is 0 Å². The number of thiophene rings is 2. The molecule has 0 spiro atoms. The summed E-state index contributed by atoms with van der Waals surface area (Å²) in [5, 5.41) is 5.87. The standard InChI is InChI=1S/C9H10S2/c1-6(2)8-3-7-4-10-5-9(7)11-8/h3-6H,1-2H3. The quantitative estimate of drug-likeness (QED) is 0.623. The molecule has 0 unspecified atom stereocenters. The smallest absolute Gasteiger partial charge is 0.0452 e. The van der Waals surface area contributed by atoms with Crippen LogP contribution in [0.2, 0.25) is 0 Å². The maximum Gasteiger partial charge on any atom is 0.0452 e. The van der Waals surface area contributed by atoms with Crippen LogP contribution in [0, 0.1) is 0 Å². The summed E-state index contributed by atoms with van der Waals surface area (Å²) in [6.45, 7) is 4.49. The average molecular weight is 182 g/mol. The third kappa shape index (κ3) is 1.21. The largest absolute Gasteiger partial charge is 0.150 e. The van der Waals surface area contributed by atoms with E-state index in [4.69, 9.17) is 0 Å². The molecule has 0 atom stereocenters. The van der Waals surface area contributed by atoms with Gasteiger partial charge in [0.05, 0.1) is 0 Å². The second-order valence-electron chi connectivity index (χ2n) is 2.99. The second kappa shape index (κ2) is 2.61. The van der Waals surface area contributed by atoms with Gasteiger partial charge in [-0.05, 0) is 17.4 Å². The van der Waals surface area contributed by atoms with Gasteiger partial charge in [0.1, 0.15) is 0 Å². The average Bonchev–Trinajstić information content (AvgIpc) is 2.40. The van der Waals surface area contributed by atoms with Crippen molar-refractivity contribution >= 4 is 32.8 Å². The van der Waals surface area contributed by atoms with Crippen molar-refractivity contribution in [1.82, 2.24) is 0 Å². The van der Waals surface area contributed by atoms with E-state index in [1.807, 2.05) is 11.3 Å². The van der Waals surface area contributed by atoms with E-state index in [0.717, 1.165) is 0 Å². The molecule has 2 heteroatoms. The Morgan fingerprint density at radius 1 is 1.27 bits per heavy atom. The molecular formula is C9H10S2. The molecule has 0 nitrogen and oxygen atoms in total. The summed E-state index contributed by atoms with van der Waals surface area (Å²) in [5.74, 6) is 0.678. The van der Waals surface area contributed by atoms with Gasteiger partial charge in [0, 0.05) is 20.3 Å². The summed E-state index contributed by atoms with van der Waals surface area (Å²) in [4.78, 5) is 1.50. The minimum atomic E-state index is 0.678. The van der Waals surface area contributed by atoms with E-state index in [2.05, 4.69) is 30.7 Å². The minimum absolute atomic E-state index is 0.678. The molecular weight excluding hydrogens is 172 g/mol. The SMILES string of the molecule is CC(C)c1cc2cscc2s1. The lowest BCUT2D eigenvalue weighted by Crippen LogP contribution is -1.77. The second-order valence-corrected chi connectivity index (χ2v) is 4.85. The first kappa shape index (κ1) is 7.32. The highest BCUT2D eigenvalue weighted by Crippen LogP contribution is 2.32. The fraction of sp³-hybridized carbons (Fsp3) is 0.333. The van der Waals surface area contributed by atoms with Crippen molar-refractivity contribution in [2.45, 2.75) is 19.8 Å². The Balaban J connectivity index is 2.58.